The molecule has 1 aliphatic heterocycles. The van der Waals surface area contributed by atoms with Gasteiger partial charge in [0.1, 0.15) is 5.75 Å². The second-order valence-electron chi connectivity index (χ2n) is 5.07. The summed E-state index contributed by atoms with van der Waals surface area (Å²) in [4.78, 5) is 1.76. The molecule has 0 aromatic heterocycles. The second-order valence-corrected chi connectivity index (χ2v) is 5.07. The average Bonchev–Trinajstić information content (AvgIpc) is 2.45. The summed E-state index contributed by atoms with van der Waals surface area (Å²) >= 11 is 0. The average molecular weight is 397 g/mol. The molecule has 1 heterocycles. The molecule has 1 aromatic carbocycles. The van der Waals surface area contributed by atoms with Crippen molar-refractivity contribution in [2.24, 2.45) is 0 Å². The maximum absolute atomic E-state index is 12.8. The lowest BCUT2D eigenvalue weighted by Crippen LogP contribution is -2.46. The Balaban J connectivity index is 0.00000264. The number of alkyl halides is 5. The highest BCUT2D eigenvalue weighted by molar-refractivity contribution is 5.85. The first kappa shape index (κ1) is 23.2. The van der Waals surface area contributed by atoms with Crippen LogP contribution in [0.2, 0.25) is 0 Å². The number of hydrogen-bond acceptors (Lipinski definition) is 3. The van der Waals surface area contributed by atoms with Gasteiger partial charge in [-0.15, -0.1) is 24.8 Å². The highest BCUT2D eigenvalue weighted by Crippen LogP contribution is 2.34. The molecule has 2 rings (SSSR count). The Morgan fingerprint density at radius 2 is 1.58 bits per heavy atom. The van der Waals surface area contributed by atoms with Crippen LogP contribution < -0.4 is 10.1 Å². The van der Waals surface area contributed by atoms with Gasteiger partial charge in [0.15, 0.2) is 0 Å². The fraction of sp³-hybridized carbons (Fsp3) is 0.571. The zero-order valence-corrected chi connectivity index (χ0v) is 14.2. The lowest BCUT2D eigenvalue weighted by molar-refractivity contribution is -0.148. The smallest absolute Gasteiger partial charge is 0.390 e. The van der Waals surface area contributed by atoms with E-state index in [4.69, 9.17) is 0 Å². The van der Waals surface area contributed by atoms with Gasteiger partial charge >= 0.3 is 12.8 Å². The molecule has 1 saturated heterocycles. The van der Waals surface area contributed by atoms with Gasteiger partial charge in [0.25, 0.3) is 0 Å². The predicted octanol–water partition coefficient (Wildman–Crippen LogP) is 4.03. The zero-order chi connectivity index (χ0) is 16.2. The topological polar surface area (TPSA) is 24.5 Å². The van der Waals surface area contributed by atoms with Crippen molar-refractivity contribution in [3.8, 4) is 5.75 Å². The number of rotatable bonds is 5. The van der Waals surface area contributed by atoms with E-state index in [1.807, 2.05) is 0 Å². The molecule has 0 spiro atoms. The first-order chi connectivity index (χ1) is 10.3. The maximum Gasteiger partial charge on any atom is 0.390 e. The largest absolute Gasteiger partial charge is 0.435 e. The van der Waals surface area contributed by atoms with Crippen molar-refractivity contribution in [2.75, 3.05) is 26.2 Å². The van der Waals surface area contributed by atoms with Crippen LogP contribution >= 0.6 is 24.8 Å². The van der Waals surface area contributed by atoms with Gasteiger partial charge in [-0.3, -0.25) is 4.90 Å². The third kappa shape index (κ3) is 7.38. The van der Waals surface area contributed by atoms with Gasteiger partial charge < -0.3 is 10.1 Å². The quantitative estimate of drug-likeness (QED) is 0.760. The minimum atomic E-state index is -4.30. The Labute approximate surface area is 149 Å². The third-order valence-corrected chi connectivity index (χ3v) is 3.51. The minimum absolute atomic E-state index is 0. The highest BCUT2D eigenvalue weighted by Gasteiger charge is 2.35. The van der Waals surface area contributed by atoms with Crippen LogP contribution in [-0.4, -0.2) is 43.9 Å². The van der Waals surface area contributed by atoms with Gasteiger partial charge in [0.2, 0.25) is 0 Å². The summed E-state index contributed by atoms with van der Waals surface area (Å²) < 4.78 is 66.9. The molecule has 1 fully saturated rings. The summed E-state index contributed by atoms with van der Waals surface area (Å²) in [6, 6.07) is 4.55. The molecule has 10 heteroatoms. The van der Waals surface area contributed by atoms with Crippen molar-refractivity contribution in [1.29, 1.82) is 0 Å². The van der Waals surface area contributed by atoms with Crippen LogP contribution in [0.1, 0.15) is 18.0 Å². The molecule has 0 aliphatic carbocycles. The molecule has 1 aliphatic rings. The summed E-state index contributed by atoms with van der Waals surface area (Å²) in [5, 5.41) is 3.09. The van der Waals surface area contributed by atoms with Gasteiger partial charge in [-0.05, 0) is 17.7 Å². The molecular formula is C14H19Cl2F5N2O. The second kappa shape index (κ2) is 10.2. The summed E-state index contributed by atoms with van der Waals surface area (Å²) in [6.07, 6.45) is -5.27. The molecule has 1 atom stereocenters. The van der Waals surface area contributed by atoms with Crippen LogP contribution in [0.3, 0.4) is 0 Å². The van der Waals surface area contributed by atoms with E-state index < -0.39 is 25.3 Å². The van der Waals surface area contributed by atoms with Gasteiger partial charge in [-0.2, -0.15) is 22.0 Å². The van der Waals surface area contributed by atoms with Crippen molar-refractivity contribution in [1.82, 2.24) is 10.2 Å². The van der Waals surface area contributed by atoms with Crippen LogP contribution in [-0.2, 0) is 0 Å². The Morgan fingerprint density at radius 1 is 1.04 bits per heavy atom. The normalized spacial score (nSPS) is 16.9. The van der Waals surface area contributed by atoms with E-state index in [1.54, 1.807) is 4.90 Å². The van der Waals surface area contributed by atoms with Crippen molar-refractivity contribution >= 4 is 24.8 Å². The zero-order valence-electron chi connectivity index (χ0n) is 12.6. The SMILES string of the molecule is Cl.Cl.FC(F)Oc1ccc([C@H](CC(F)(F)F)N2CCNCC2)cc1. The van der Waals surface area contributed by atoms with Crippen molar-refractivity contribution < 1.29 is 26.7 Å². The lowest BCUT2D eigenvalue weighted by Gasteiger charge is -2.35. The number of piperazine rings is 1. The van der Waals surface area contributed by atoms with Crippen LogP contribution in [0.4, 0.5) is 22.0 Å². The third-order valence-electron chi connectivity index (χ3n) is 3.51. The van der Waals surface area contributed by atoms with E-state index in [2.05, 4.69) is 10.1 Å². The van der Waals surface area contributed by atoms with Crippen LogP contribution in [0.5, 0.6) is 5.75 Å². The van der Waals surface area contributed by atoms with Crippen molar-refractivity contribution in [2.45, 2.75) is 25.3 Å². The number of nitrogens with zero attached hydrogens (tertiary/aromatic N) is 1. The molecule has 0 amide bonds. The van der Waals surface area contributed by atoms with Crippen molar-refractivity contribution in [3.63, 3.8) is 0 Å². The monoisotopic (exact) mass is 396 g/mol. The van der Waals surface area contributed by atoms with E-state index in [0.717, 1.165) is 0 Å². The number of halogens is 7. The summed E-state index contributed by atoms with van der Waals surface area (Å²) in [5.74, 6) is -0.0650. The predicted molar refractivity (Wildman–Crippen MR) is 85.4 cm³/mol. The summed E-state index contributed by atoms with van der Waals surface area (Å²) in [7, 11) is 0. The van der Waals surface area contributed by atoms with E-state index in [0.29, 0.717) is 31.7 Å². The Morgan fingerprint density at radius 3 is 2.04 bits per heavy atom. The van der Waals surface area contributed by atoms with Gasteiger partial charge in [-0.1, -0.05) is 12.1 Å². The summed E-state index contributed by atoms with van der Waals surface area (Å²) in [6.45, 7) is -0.682. The van der Waals surface area contributed by atoms with E-state index in [9.17, 15) is 22.0 Å². The van der Waals surface area contributed by atoms with Gasteiger partial charge in [0.05, 0.1) is 6.42 Å². The first-order valence-electron chi connectivity index (χ1n) is 6.91. The number of ether oxygens (including phenoxy) is 1. The molecule has 1 N–H and O–H groups in total. The van der Waals surface area contributed by atoms with Gasteiger partial charge in [0, 0.05) is 32.2 Å². The molecule has 24 heavy (non-hydrogen) atoms. The number of benzene rings is 1. The van der Waals surface area contributed by atoms with Crippen molar-refractivity contribution in [3.05, 3.63) is 29.8 Å². The van der Waals surface area contributed by atoms with Crippen LogP contribution in [0, 0.1) is 0 Å². The Hall–Kier alpha value is -0.830. The first-order valence-corrected chi connectivity index (χ1v) is 6.91. The summed E-state index contributed by atoms with van der Waals surface area (Å²) in [5.41, 5.74) is 0.445. The van der Waals surface area contributed by atoms with Crippen LogP contribution in [0.15, 0.2) is 24.3 Å². The standard InChI is InChI=1S/C14H17F5N2O.2ClH/c15-13(16)22-11-3-1-10(2-4-11)12(9-14(17,18)19)21-7-5-20-6-8-21;;/h1-4,12-13,20H,5-9H2;2*1H/t12-;;/m0../s1. The number of nitrogens with one attached hydrogen (secondary N) is 1. The minimum Gasteiger partial charge on any atom is -0.435 e. The Kier molecular flexibility index (Phi) is 9.87. The fourth-order valence-corrected chi connectivity index (χ4v) is 2.54. The Bertz CT molecular complexity index is 467. The van der Waals surface area contributed by atoms with E-state index >= 15 is 0 Å². The molecule has 0 radical (unpaired) electrons. The highest BCUT2D eigenvalue weighted by atomic mass is 35.5. The molecule has 0 saturated carbocycles. The maximum atomic E-state index is 12.8. The molecule has 0 bridgehead atoms. The molecular weight excluding hydrogens is 378 g/mol. The molecule has 3 nitrogen and oxygen atoms in total. The fourth-order valence-electron chi connectivity index (χ4n) is 2.54. The van der Waals surface area contributed by atoms with Gasteiger partial charge in [-0.25, -0.2) is 0 Å². The molecule has 140 valence electrons. The van der Waals surface area contributed by atoms with E-state index in [1.165, 1.54) is 24.3 Å². The molecule has 0 unspecified atom stereocenters. The van der Waals surface area contributed by atoms with E-state index in [-0.39, 0.29) is 30.6 Å². The number of hydrogen-bond donors (Lipinski definition) is 1. The molecule has 1 aromatic rings. The lowest BCUT2D eigenvalue weighted by atomic mass is 10.0. The van der Waals surface area contributed by atoms with Crippen LogP contribution in [0.25, 0.3) is 0 Å².